The topological polar surface area (TPSA) is 51.5 Å². The van der Waals surface area contributed by atoms with Gasteiger partial charge >= 0.3 is 5.97 Å². The number of fused-ring (bicyclic) bond motifs is 1. The Bertz CT molecular complexity index is 1340. The van der Waals surface area contributed by atoms with Crippen molar-refractivity contribution in [3.8, 4) is 27.9 Å². The fourth-order valence-corrected chi connectivity index (χ4v) is 3.89. The second kappa shape index (κ2) is 10.9. The molecule has 4 aromatic carbocycles. The monoisotopic (exact) mass is 614 g/mol. The molecule has 0 bridgehead atoms. The molecule has 0 aliphatic carbocycles. The number of aliphatic hydroxyl groups excluding tert-OH is 1. The Morgan fingerprint density at radius 1 is 0.788 bits per heavy atom. The SMILES string of the molecule is CC(O)=[OH+].Cn1[cH+]n(-c2[c-]cccc2)c2c(-c3ccccc3)ccc(-c3ccccc3)c21.[Ir]. The van der Waals surface area contributed by atoms with E-state index in [1.54, 1.807) is 0 Å². The van der Waals surface area contributed by atoms with Crippen LogP contribution in [0.25, 0.3) is 39.0 Å². The van der Waals surface area contributed by atoms with Crippen LogP contribution in [0, 0.1) is 6.07 Å². The van der Waals surface area contributed by atoms with E-state index < -0.39 is 5.97 Å². The standard InChI is InChI=1S/C26H20N2.C2H4O2.Ir/c1-27-19-28(22-15-9-4-10-16-22)26-24(21-13-7-3-8-14-21)18-17-23(25(26)27)20-11-5-2-6-12-20;1-2(3)4;/h2-15,17-19H,1H3;1H3,(H,3,4);/p+1. The molecule has 0 amide bonds. The summed E-state index contributed by atoms with van der Waals surface area (Å²) in [6, 6.07) is 37.1. The number of hydrogen-bond acceptors (Lipinski definition) is 0. The van der Waals surface area contributed by atoms with Crippen molar-refractivity contribution < 1.29 is 30.0 Å². The summed E-state index contributed by atoms with van der Waals surface area (Å²) in [7, 11) is 2.11. The molecule has 0 unspecified atom stereocenters. The van der Waals surface area contributed by atoms with E-state index in [1.807, 2.05) is 12.1 Å². The number of carboxylic acids is 1. The van der Waals surface area contributed by atoms with Gasteiger partial charge in [-0.25, -0.2) is 4.57 Å². The molecule has 0 saturated heterocycles. The molecule has 5 rings (SSSR count). The normalized spacial score (nSPS) is 10.1. The van der Waals surface area contributed by atoms with E-state index in [4.69, 9.17) is 9.90 Å². The van der Waals surface area contributed by atoms with E-state index in [0.29, 0.717) is 0 Å². The Kier molecular flexibility index (Phi) is 7.94. The summed E-state index contributed by atoms with van der Waals surface area (Å²) in [5.41, 5.74) is 8.32. The van der Waals surface area contributed by atoms with Crippen LogP contribution in [-0.2, 0) is 27.2 Å². The van der Waals surface area contributed by atoms with Crippen LogP contribution in [0.5, 0.6) is 0 Å². The number of aryl methyl sites for hydroxylation is 1. The van der Waals surface area contributed by atoms with Crippen molar-refractivity contribution in [1.29, 1.82) is 0 Å². The zero-order valence-corrected chi connectivity index (χ0v) is 20.8. The van der Waals surface area contributed by atoms with E-state index in [-0.39, 0.29) is 20.1 Å². The van der Waals surface area contributed by atoms with Gasteiger partial charge in [0.25, 0.3) is 0 Å². The van der Waals surface area contributed by atoms with E-state index in [9.17, 15) is 0 Å². The van der Waals surface area contributed by atoms with Gasteiger partial charge in [-0.2, -0.15) is 22.8 Å². The summed E-state index contributed by atoms with van der Waals surface area (Å²) in [5, 5.41) is 7.53. The van der Waals surface area contributed by atoms with Crippen LogP contribution in [0.3, 0.4) is 0 Å². The Morgan fingerprint density at radius 2 is 1.27 bits per heavy atom. The third kappa shape index (κ3) is 5.28. The van der Waals surface area contributed by atoms with E-state index in [0.717, 1.165) is 5.69 Å². The molecule has 0 aliphatic rings. The van der Waals surface area contributed by atoms with Crippen molar-refractivity contribution in [2.24, 2.45) is 7.05 Å². The van der Waals surface area contributed by atoms with Crippen LogP contribution < -0.4 is 0 Å². The number of para-hydroxylation sites is 1. The van der Waals surface area contributed by atoms with Crippen molar-refractivity contribution in [3.63, 3.8) is 0 Å². The van der Waals surface area contributed by atoms with Crippen LogP contribution in [0.4, 0.5) is 0 Å². The quantitative estimate of drug-likeness (QED) is 0.185. The zero-order chi connectivity index (χ0) is 22.5. The van der Waals surface area contributed by atoms with Crippen molar-refractivity contribution in [2.75, 3.05) is 0 Å². The number of rotatable bonds is 3. The summed E-state index contributed by atoms with van der Waals surface area (Å²) in [6.45, 7) is 1.19. The molecule has 1 aromatic heterocycles. The van der Waals surface area contributed by atoms with Gasteiger partial charge in [-0.15, -0.1) is 12.1 Å². The second-order valence-corrected chi connectivity index (χ2v) is 7.48. The van der Waals surface area contributed by atoms with Crippen LogP contribution in [0.1, 0.15) is 6.92 Å². The van der Waals surface area contributed by atoms with Gasteiger partial charge in [0.1, 0.15) is 0 Å². The minimum Gasteiger partial charge on any atom is -0.339 e. The van der Waals surface area contributed by atoms with Gasteiger partial charge in [-0.1, -0.05) is 60.7 Å². The molecular weight excluding hydrogens is 589 g/mol. The fraction of sp³-hybridized carbons (Fsp3) is 0.0714. The van der Waals surface area contributed by atoms with Gasteiger partial charge in [-0.05, 0) is 23.3 Å². The molecule has 2 N–H and O–H groups in total. The van der Waals surface area contributed by atoms with E-state index >= 15 is 0 Å². The molecule has 1 heterocycles. The minimum atomic E-state index is -0.583. The number of carboxylic acid groups (broad SMARTS) is 1. The largest absolute Gasteiger partial charge is 0.477 e. The van der Waals surface area contributed by atoms with Crippen molar-refractivity contribution in [2.45, 2.75) is 6.92 Å². The van der Waals surface area contributed by atoms with Crippen LogP contribution in [0.15, 0.2) is 103 Å². The zero-order valence-electron chi connectivity index (χ0n) is 18.4. The number of hydrogen-bond donors (Lipinski definition) is 1. The molecule has 0 aliphatic heterocycles. The summed E-state index contributed by atoms with van der Waals surface area (Å²) < 4.78 is 4.45. The average Bonchev–Trinajstić information content (AvgIpc) is 3.17. The van der Waals surface area contributed by atoms with Crippen molar-refractivity contribution >= 4 is 17.0 Å². The summed E-state index contributed by atoms with van der Waals surface area (Å²) in [6.07, 6.45) is 2.15. The summed E-state index contributed by atoms with van der Waals surface area (Å²) in [4.78, 5) is 7.53. The van der Waals surface area contributed by atoms with Gasteiger partial charge in [-0.3, -0.25) is 0 Å². The van der Waals surface area contributed by atoms with Gasteiger partial charge in [0.15, 0.2) is 17.4 Å². The Labute approximate surface area is 207 Å². The predicted molar refractivity (Wildman–Crippen MR) is 132 cm³/mol. The Hall–Kier alpha value is -3.53. The number of benzene rings is 4. The van der Waals surface area contributed by atoms with Gasteiger partial charge in [0.05, 0.1) is 18.1 Å². The van der Waals surface area contributed by atoms with Crippen molar-refractivity contribution in [3.05, 3.63) is 109 Å². The molecular formula is C28H25IrN2O2+. The second-order valence-electron chi connectivity index (χ2n) is 7.48. The first-order valence-electron chi connectivity index (χ1n) is 10.4. The first kappa shape index (κ1) is 24.1. The smallest absolute Gasteiger partial charge is 0.339 e. The maximum atomic E-state index is 7.53. The molecule has 0 saturated carbocycles. The third-order valence-electron chi connectivity index (χ3n) is 5.16. The molecule has 5 heteroatoms. The van der Waals surface area contributed by atoms with Gasteiger partial charge < -0.3 is 9.90 Å². The maximum Gasteiger partial charge on any atom is 0.477 e. The number of nitrogens with zero attached hydrogens (tertiary/aromatic N) is 2. The maximum absolute atomic E-state index is 7.53. The summed E-state index contributed by atoms with van der Waals surface area (Å²) in [5.74, 6) is -0.583. The molecule has 33 heavy (non-hydrogen) atoms. The number of aliphatic carboxylic acids is 1. The first-order chi connectivity index (χ1) is 15.6. The Balaban J connectivity index is 0.000000569. The molecule has 4 nitrogen and oxygen atoms in total. The Morgan fingerprint density at radius 3 is 1.76 bits per heavy atom. The third-order valence-corrected chi connectivity index (χ3v) is 5.16. The minimum absolute atomic E-state index is 0. The van der Waals surface area contributed by atoms with Crippen molar-refractivity contribution in [1.82, 2.24) is 9.13 Å². The molecule has 5 aromatic rings. The molecule has 1 radical (unpaired) electrons. The van der Waals surface area contributed by atoms with E-state index in [2.05, 4.69) is 114 Å². The molecule has 0 atom stereocenters. The van der Waals surface area contributed by atoms with Gasteiger partial charge in [0.2, 0.25) is 0 Å². The molecule has 167 valence electrons. The van der Waals surface area contributed by atoms with Gasteiger partial charge in [0, 0.05) is 32.8 Å². The number of imidazole rings is 1. The van der Waals surface area contributed by atoms with Crippen LogP contribution in [0.2, 0.25) is 0 Å². The first-order valence-corrected chi connectivity index (χ1v) is 10.4. The number of aromatic nitrogens is 2. The van der Waals surface area contributed by atoms with Crippen LogP contribution >= 0.6 is 0 Å². The summed E-state index contributed by atoms with van der Waals surface area (Å²) >= 11 is 0. The molecule has 0 spiro atoms. The average molecular weight is 614 g/mol. The molecule has 0 fully saturated rings. The van der Waals surface area contributed by atoms with Crippen LogP contribution in [-0.4, -0.2) is 25.0 Å². The predicted octanol–water partition coefficient (Wildman–Crippen LogP) is 6.45. The van der Waals surface area contributed by atoms with E-state index in [1.165, 1.54) is 40.2 Å². The fourth-order valence-electron chi connectivity index (χ4n) is 3.89.